The van der Waals surface area contributed by atoms with E-state index in [0.717, 1.165) is 31.1 Å². The molecule has 2 rings (SSSR count). The topological polar surface area (TPSA) is 58.8 Å². The lowest BCUT2D eigenvalue weighted by atomic mass is 9.80. The van der Waals surface area contributed by atoms with Crippen molar-refractivity contribution in [1.29, 1.82) is 0 Å². The van der Waals surface area contributed by atoms with Crippen LogP contribution in [0.15, 0.2) is 27.8 Å². The molecule has 0 radical (unpaired) electrons. The number of hydrogen-bond donors (Lipinski definition) is 2. The summed E-state index contributed by atoms with van der Waals surface area (Å²) in [6.07, 6.45) is 5.15. The average Bonchev–Trinajstić information content (AvgIpc) is 2.85. The van der Waals surface area contributed by atoms with Gasteiger partial charge < -0.3 is 19.8 Å². The van der Waals surface area contributed by atoms with Crippen molar-refractivity contribution in [3.05, 3.63) is 24.2 Å². The van der Waals surface area contributed by atoms with Gasteiger partial charge in [0.1, 0.15) is 5.76 Å². The van der Waals surface area contributed by atoms with E-state index < -0.39 is 0 Å². The zero-order valence-electron chi connectivity index (χ0n) is 11.0. The van der Waals surface area contributed by atoms with Gasteiger partial charge in [0.2, 0.25) is 0 Å². The molecule has 2 N–H and O–H groups in total. The Bertz CT molecular complexity index is 377. The normalized spacial score (nSPS) is 18.2. The Morgan fingerprint density at radius 2 is 2.33 bits per heavy atom. The van der Waals surface area contributed by atoms with Crippen molar-refractivity contribution in [1.82, 2.24) is 10.6 Å². The summed E-state index contributed by atoms with van der Waals surface area (Å²) in [6, 6.07) is 3.81. The van der Waals surface area contributed by atoms with Crippen LogP contribution in [-0.4, -0.2) is 32.3 Å². The highest BCUT2D eigenvalue weighted by atomic mass is 16.5. The van der Waals surface area contributed by atoms with Crippen LogP contribution < -0.4 is 10.6 Å². The van der Waals surface area contributed by atoms with Gasteiger partial charge in [-0.05, 0) is 31.4 Å². The third kappa shape index (κ3) is 3.04. The first-order chi connectivity index (χ1) is 8.78. The van der Waals surface area contributed by atoms with E-state index in [1.165, 1.54) is 6.42 Å². The van der Waals surface area contributed by atoms with Crippen LogP contribution in [0.25, 0.3) is 0 Å². The second-order valence-corrected chi connectivity index (χ2v) is 4.60. The van der Waals surface area contributed by atoms with E-state index in [2.05, 4.69) is 15.6 Å². The highest BCUT2D eigenvalue weighted by molar-refractivity contribution is 5.79. The lowest BCUT2D eigenvalue weighted by molar-refractivity contribution is -0.0666. The van der Waals surface area contributed by atoms with Gasteiger partial charge in [-0.15, -0.1) is 0 Å². The summed E-state index contributed by atoms with van der Waals surface area (Å²) >= 11 is 0. The molecule has 0 unspecified atom stereocenters. The zero-order chi connectivity index (χ0) is 12.8. The molecule has 0 aromatic carbocycles. The van der Waals surface area contributed by atoms with Crippen molar-refractivity contribution >= 4 is 5.96 Å². The minimum absolute atomic E-state index is 0.00228. The van der Waals surface area contributed by atoms with E-state index in [1.807, 2.05) is 12.1 Å². The number of guanidine groups is 1. The van der Waals surface area contributed by atoms with E-state index in [0.29, 0.717) is 6.54 Å². The maximum absolute atomic E-state index is 5.56. The third-order valence-corrected chi connectivity index (χ3v) is 3.51. The molecule has 1 heterocycles. The summed E-state index contributed by atoms with van der Waals surface area (Å²) in [4.78, 5) is 4.18. The van der Waals surface area contributed by atoms with Gasteiger partial charge in [0.25, 0.3) is 0 Å². The van der Waals surface area contributed by atoms with Crippen LogP contribution >= 0.6 is 0 Å². The lowest BCUT2D eigenvalue weighted by Crippen LogP contribution is -2.51. The van der Waals surface area contributed by atoms with Crippen molar-refractivity contribution in [2.45, 2.75) is 31.4 Å². The first-order valence-corrected chi connectivity index (χ1v) is 6.30. The molecule has 5 nitrogen and oxygen atoms in total. The molecule has 0 aliphatic heterocycles. The Balaban J connectivity index is 1.76. The molecule has 0 atom stereocenters. The van der Waals surface area contributed by atoms with Crippen LogP contribution in [0.5, 0.6) is 0 Å². The first kappa shape index (κ1) is 13.0. The molecule has 1 fully saturated rings. The molecule has 1 aliphatic carbocycles. The van der Waals surface area contributed by atoms with Crippen LogP contribution in [-0.2, 0) is 11.3 Å². The van der Waals surface area contributed by atoms with Crippen molar-refractivity contribution < 1.29 is 9.15 Å². The number of nitrogens with one attached hydrogen (secondary N) is 2. The Hall–Kier alpha value is -1.49. The minimum atomic E-state index is 0.00228. The molecule has 0 spiro atoms. The number of furan rings is 1. The summed E-state index contributed by atoms with van der Waals surface area (Å²) < 4.78 is 10.8. The van der Waals surface area contributed by atoms with Crippen molar-refractivity contribution in [2.75, 3.05) is 20.7 Å². The fraction of sp³-hybridized carbons (Fsp3) is 0.615. The highest BCUT2D eigenvalue weighted by Crippen LogP contribution is 2.34. The van der Waals surface area contributed by atoms with E-state index in [1.54, 1.807) is 20.4 Å². The molecule has 1 aromatic rings. The molecule has 1 saturated carbocycles. The third-order valence-electron chi connectivity index (χ3n) is 3.51. The van der Waals surface area contributed by atoms with Gasteiger partial charge in [-0.3, -0.25) is 4.99 Å². The van der Waals surface area contributed by atoms with E-state index in [-0.39, 0.29) is 5.60 Å². The molecule has 5 heteroatoms. The summed E-state index contributed by atoms with van der Waals surface area (Å²) in [5, 5.41) is 6.50. The van der Waals surface area contributed by atoms with Crippen LogP contribution in [0.1, 0.15) is 25.0 Å². The largest absolute Gasteiger partial charge is 0.467 e. The molecule has 1 aromatic heterocycles. The van der Waals surface area contributed by atoms with Gasteiger partial charge in [0.05, 0.1) is 18.4 Å². The number of nitrogens with zero attached hydrogens (tertiary/aromatic N) is 1. The number of hydrogen-bond acceptors (Lipinski definition) is 3. The second-order valence-electron chi connectivity index (χ2n) is 4.60. The number of aliphatic imine (C=N–C) groups is 1. The summed E-state index contributed by atoms with van der Waals surface area (Å²) in [6.45, 7) is 1.42. The SMILES string of the molecule is CN=C(NCc1ccco1)NCC1(OC)CCC1. The molecule has 18 heavy (non-hydrogen) atoms. The predicted molar refractivity (Wildman–Crippen MR) is 70.5 cm³/mol. The maximum Gasteiger partial charge on any atom is 0.191 e. The predicted octanol–water partition coefficient (Wildman–Crippen LogP) is 1.51. The molecule has 100 valence electrons. The van der Waals surface area contributed by atoms with Crippen LogP contribution in [0.2, 0.25) is 0 Å². The summed E-state index contributed by atoms with van der Waals surface area (Å²) in [7, 11) is 3.54. The quantitative estimate of drug-likeness (QED) is 0.615. The number of methoxy groups -OCH3 is 1. The average molecular weight is 251 g/mol. The fourth-order valence-corrected chi connectivity index (χ4v) is 2.07. The Morgan fingerprint density at radius 3 is 2.83 bits per heavy atom. The molecule has 1 aliphatic rings. The van der Waals surface area contributed by atoms with Gasteiger partial charge >= 0.3 is 0 Å². The standard InChI is InChI=1S/C13H21N3O2/c1-14-12(15-9-11-5-3-8-18-11)16-10-13(17-2)6-4-7-13/h3,5,8H,4,6-7,9-10H2,1-2H3,(H2,14,15,16). The maximum atomic E-state index is 5.56. The first-order valence-electron chi connectivity index (χ1n) is 6.30. The van der Waals surface area contributed by atoms with Gasteiger partial charge in [-0.2, -0.15) is 0 Å². The van der Waals surface area contributed by atoms with Crippen molar-refractivity contribution in [3.8, 4) is 0 Å². The highest BCUT2D eigenvalue weighted by Gasteiger charge is 2.36. The Kier molecular flexibility index (Phi) is 4.25. The second kappa shape index (κ2) is 5.91. The fourth-order valence-electron chi connectivity index (χ4n) is 2.07. The summed E-state index contributed by atoms with van der Waals surface area (Å²) in [5.74, 6) is 1.66. The smallest absolute Gasteiger partial charge is 0.191 e. The van der Waals surface area contributed by atoms with E-state index in [4.69, 9.17) is 9.15 Å². The van der Waals surface area contributed by atoms with E-state index in [9.17, 15) is 0 Å². The summed E-state index contributed by atoms with van der Waals surface area (Å²) in [5.41, 5.74) is 0.00228. The van der Waals surface area contributed by atoms with Gasteiger partial charge in [0.15, 0.2) is 5.96 Å². The Morgan fingerprint density at radius 1 is 1.50 bits per heavy atom. The molecule has 0 bridgehead atoms. The zero-order valence-corrected chi connectivity index (χ0v) is 11.0. The van der Waals surface area contributed by atoms with E-state index >= 15 is 0 Å². The van der Waals surface area contributed by atoms with Gasteiger partial charge in [-0.25, -0.2) is 0 Å². The molecule has 0 saturated heterocycles. The molecule has 0 amide bonds. The number of ether oxygens (including phenoxy) is 1. The minimum Gasteiger partial charge on any atom is -0.467 e. The number of rotatable bonds is 5. The van der Waals surface area contributed by atoms with Crippen molar-refractivity contribution in [2.24, 2.45) is 4.99 Å². The van der Waals surface area contributed by atoms with Gasteiger partial charge in [-0.1, -0.05) is 0 Å². The van der Waals surface area contributed by atoms with Crippen LogP contribution in [0.4, 0.5) is 0 Å². The monoisotopic (exact) mass is 251 g/mol. The molecular weight excluding hydrogens is 230 g/mol. The lowest BCUT2D eigenvalue weighted by Gasteiger charge is -2.40. The molecular formula is C13H21N3O2. The van der Waals surface area contributed by atoms with Crippen LogP contribution in [0.3, 0.4) is 0 Å². The van der Waals surface area contributed by atoms with Gasteiger partial charge in [0, 0.05) is 20.7 Å². The van der Waals surface area contributed by atoms with Crippen molar-refractivity contribution in [3.63, 3.8) is 0 Å². The van der Waals surface area contributed by atoms with Crippen LogP contribution in [0, 0.1) is 0 Å². The Labute approximate surface area is 108 Å².